The molecule has 11 nitrogen and oxygen atoms in total. The Morgan fingerprint density at radius 3 is 2.00 bits per heavy atom. The van der Waals surface area contributed by atoms with Crippen molar-refractivity contribution in [3.8, 4) is 11.5 Å². The average molecular weight is 646 g/mol. The van der Waals surface area contributed by atoms with Crippen molar-refractivity contribution in [1.29, 1.82) is 0 Å². The predicted octanol–water partition coefficient (Wildman–Crippen LogP) is 3.73. The van der Waals surface area contributed by atoms with Gasteiger partial charge in [-0.2, -0.15) is 0 Å². The third-order valence-electron chi connectivity index (χ3n) is 8.48. The molecule has 1 fully saturated rings. The van der Waals surface area contributed by atoms with Gasteiger partial charge in [0.15, 0.2) is 6.23 Å². The van der Waals surface area contributed by atoms with Crippen molar-refractivity contribution in [2.24, 2.45) is 5.73 Å². The normalized spacial score (nSPS) is 19.5. The standard InChI is InChI=1S/C36H43N3O8/c1-43-28-16-12-26(13-17-28)36(25-10-6-5-7-11-25,27-14-18-29(44-2)19-15-27)46-24-30-32(41)33(45-23-9-4-3-8-21-37)34(47-30)39-22-20-31(40)38-35(39)42/h5-7,10-20,22,30,32-34,41H,3-4,8-9,21,23-24,37H2,1-2H3,(H,38,40,42)/t30-,32?,33+,34-/m1/s1. The number of hydrogen-bond acceptors (Lipinski definition) is 9. The lowest BCUT2D eigenvalue weighted by Crippen LogP contribution is -2.41. The van der Waals surface area contributed by atoms with E-state index in [9.17, 15) is 14.7 Å². The zero-order valence-electron chi connectivity index (χ0n) is 26.7. The number of methoxy groups -OCH3 is 2. The summed E-state index contributed by atoms with van der Waals surface area (Å²) in [4.78, 5) is 26.9. The molecule has 250 valence electrons. The minimum Gasteiger partial charge on any atom is -0.497 e. The highest BCUT2D eigenvalue weighted by molar-refractivity contribution is 5.49. The second-order valence-electron chi connectivity index (χ2n) is 11.4. The Labute approximate surface area is 273 Å². The van der Waals surface area contributed by atoms with Gasteiger partial charge in [0.25, 0.3) is 5.56 Å². The van der Waals surface area contributed by atoms with Gasteiger partial charge in [0.1, 0.15) is 35.4 Å². The van der Waals surface area contributed by atoms with Gasteiger partial charge in [0.2, 0.25) is 0 Å². The molecule has 1 aliphatic rings. The van der Waals surface area contributed by atoms with E-state index in [0.717, 1.165) is 42.4 Å². The van der Waals surface area contributed by atoms with Crippen molar-refractivity contribution in [2.75, 3.05) is 34.0 Å². The first-order chi connectivity index (χ1) is 22.9. The summed E-state index contributed by atoms with van der Waals surface area (Å²) in [5, 5.41) is 11.6. The van der Waals surface area contributed by atoms with Gasteiger partial charge >= 0.3 is 5.69 Å². The number of aromatic nitrogens is 2. The monoisotopic (exact) mass is 645 g/mol. The Balaban J connectivity index is 1.50. The molecule has 4 N–H and O–H groups in total. The summed E-state index contributed by atoms with van der Waals surface area (Å²) in [6, 6.07) is 26.3. The van der Waals surface area contributed by atoms with E-state index in [-0.39, 0.29) is 6.61 Å². The fourth-order valence-electron chi connectivity index (χ4n) is 5.99. The molecule has 1 saturated heterocycles. The number of hydrogen-bond donors (Lipinski definition) is 3. The maximum Gasteiger partial charge on any atom is 0.330 e. The summed E-state index contributed by atoms with van der Waals surface area (Å²) >= 11 is 0. The van der Waals surface area contributed by atoms with Crippen LogP contribution in [0.15, 0.2) is 101 Å². The molecule has 5 rings (SSSR count). The van der Waals surface area contributed by atoms with E-state index >= 15 is 0 Å². The maximum atomic E-state index is 12.8. The van der Waals surface area contributed by atoms with E-state index in [2.05, 4.69) is 4.98 Å². The van der Waals surface area contributed by atoms with Crippen LogP contribution in [0.4, 0.5) is 0 Å². The van der Waals surface area contributed by atoms with Crippen LogP contribution in [0.3, 0.4) is 0 Å². The molecule has 4 atom stereocenters. The highest BCUT2D eigenvalue weighted by atomic mass is 16.6. The lowest BCUT2D eigenvalue weighted by atomic mass is 9.80. The molecule has 47 heavy (non-hydrogen) atoms. The zero-order chi connectivity index (χ0) is 33.2. The van der Waals surface area contributed by atoms with Crippen LogP contribution in [0.2, 0.25) is 0 Å². The summed E-state index contributed by atoms with van der Waals surface area (Å²) < 4.78 is 31.6. The number of aromatic amines is 1. The van der Waals surface area contributed by atoms with Gasteiger partial charge in [0, 0.05) is 18.9 Å². The van der Waals surface area contributed by atoms with Crippen molar-refractivity contribution < 1.29 is 28.8 Å². The zero-order valence-corrected chi connectivity index (χ0v) is 26.7. The first kappa shape index (κ1) is 34.1. The van der Waals surface area contributed by atoms with Gasteiger partial charge in [-0.15, -0.1) is 0 Å². The molecule has 1 aliphatic heterocycles. The van der Waals surface area contributed by atoms with Gasteiger partial charge in [-0.05, 0) is 60.3 Å². The van der Waals surface area contributed by atoms with Gasteiger partial charge in [-0.25, -0.2) is 4.79 Å². The number of nitrogens with two attached hydrogens (primary N) is 1. The number of nitrogens with one attached hydrogen (secondary N) is 1. The Hall–Kier alpha value is -4.26. The van der Waals surface area contributed by atoms with Crippen molar-refractivity contribution in [2.45, 2.75) is 55.8 Å². The topological polar surface area (TPSA) is 147 Å². The van der Waals surface area contributed by atoms with Crippen LogP contribution < -0.4 is 26.5 Å². The molecular weight excluding hydrogens is 602 g/mol. The number of rotatable bonds is 16. The maximum absolute atomic E-state index is 12.8. The van der Waals surface area contributed by atoms with E-state index in [1.807, 2.05) is 78.9 Å². The Bertz CT molecular complexity index is 1610. The second-order valence-corrected chi connectivity index (χ2v) is 11.4. The number of H-pyrrole nitrogens is 1. The van der Waals surface area contributed by atoms with E-state index in [4.69, 9.17) is 29.4 Å². The number of aliphatic hydroxyl groups excluding tert-OH is 1. The molecule has 0 aliphatic carbocycles. The van der Waals surface area contributed by atoms with Gasteiger partial charge in [0.05, 0.1) is 20.8 Å². The Morgan fingerprint density at radius 2 is 1.43 bits per heavy atom. The quantitative estimate of drug-likeness (QED) is 0.123. The minimum atomic E-state index is -1.15. The lowest BCUT2D eigenvalue weighted by molar-refractivity contribution is -0.0982. The van der Waals surface area contributed by atoms with Crippen molar-refractivity contribution in [1.82, 2.24) is 9.55 Å². The van der Waals surface area contributed by atoms with Crippen LogP contribution in [-0.2, 0) is 19.8 Å². The summed E-state index contributed by atoms with van der Waals surface area (Å²) in [5.74, 6) is 1.38. The summed E-state index contributed by atoms with van der Waals surface area (Å²) in [5.41, 5.74) is 5.77. The van der Waals surface area contributed by atoms with Crippen LogP contribution in [0, 0.1) is 0 Å². The fourth-order valence-corrected chi connectivity index (χ4v) is 5.99. The molecular formula is C36H43N3O8. The smallest absolute Gasteiger partial charge is 0.330 e. The molecule has 11 heteroatoms. The third-order valence-corrected chi connectivity index (χ3v) is 8.48. The highest BCUT2D eigenvalue weighted by Crippen LogP contribution is 2.43. The summed E-state index contributed by atoms with van der Waals surface area (Å²) in [6.07, 6.45) is 0.988. The van der Waals surface area contributed by atoms with Gasteiger partial charge in [-0.3, -0.25) is 14.3 Å². The SMILES string of the molecule is COc1ccc(C(OC[C@H]2O[C@@H](n3ccc(=O)[nH]c3=O)[C@@H](OCCCCCCN)C2O)(c2ccccc2)c2ccc(OC)cc2)cc1. The van der Waals surface area contributed by atoms with Crippen molar-refractivity contribution in [3.05, 3.63) is 129 Å². The molecule has 1 aromatic heterocycles. The molecule has 2 heterocycles. The van der Waals surface area contributed by atoms with Crippen LogP contribution in [-0.4, -0.2) is 66.9 Å². The molecule has 0 spiro atoms. The molecule has 0 amide bonds. The predicted molar refractivity (Wildman–Crippen MR) is 177 cm³/mol. The highest BCUT2D eigenvalue weighted by Gasteiger charge is 2.48. The molecule has 3 aromatic carbocycles. The first-order valence-corrected chi connectivity index (χ1v) is 15.9. The third kappa shape index (κ3) is 7.66. The number of unbranched alkanes of at least 4 members (excludes halogenated alkanes) is 3. The van der Waals surface area contributed by atoms with Gasteiger partial charge in [-0.1, -0.05) is 67.4 Å². The van der Waals surface area contributed by atoms with Crippen LogP contribution in [0.25, 0.3) is 0 Å². The Kier molecular flexibility index (Phi) is 11.6. The number of benzene rings is 3. The Morgan fingerprint density at radius 1 is 0.830 bits per heavy atom. The largest absolute Gasteiger partial charge is 0.497 e. The lowest BCUT2D eigenvalue weighted by Gasteiger charge is -2.37. The second kappa shape index (κ2) is 16.0. The number of aliphatic hydroxyl groups is 1. The number of ether oxygens (including phenoxy) is 5. The summed E-state index contributed by atoms with van der Waals surface area (Å²) in [6.45, 7) is 0.912. The molecule has 1 unspecified atom stereocenters. The average Bonchev–Trinajstić information content (AvgIpc) is 3.41. The van der Waals surface area contributed by atoms with E-state index in [1.165, 1.54) is 16.8 Å². The van der Waals surface area contributed by atoms with E-state index in [1.54, 1.807) is 14.2 Å². The van der Waals surface area contributed by atoms with E-state index in [0.29, 0.717) is 24.7 Å². The summed E-state index contributed by atoms with van der Waals surface area (Å²) in [7, 11) is 3.22. The minimum absolute atomic E-state index is 0.0704. The van der Waals surface area contributed by atoms with Crippen LogP contribution in [0.1, 0.15) is 48.6 Å². The van der Waals surface area contributed by atoms with Crippen molar-refractivity contribution >= 4 is 0 Å². The van der Waals surface area contributed by atoms with Crippen LogP contribution >= 0.6 is 0 Å². The molecule has 0 radical (unpaired) electrons. The van der Waals surface area contributed by atoms with E-state index < -0.39 is 41.4 Å². The molecule has 0 saturated carbocycles. The molecule has 0 bridgehead atoms. The fraction of sp³-hybridized carbons (Fsp3) is 0.389. The molecule has 4 aromatic rings. The van der Waals surface area contributed by atoms with Crippen LogP contribution in [0.5, 0.6) is 11.5 Å². The van der Waals surface area contributed by atoms with Gasteiger partial charge < -0.3 is 34.5 Å². The number of nitrogens with zero attached hydrogens (tertiary/aromatic N) is 1. The first-order valence-electron chi connectivity index (χ1n) is 15.9. The van der Waals surface area contributed by atoms with Crippen molar-refractivity contribution in [3.63, 3.8) is 0 Å².